The van der Waals surface area contributed by atoms with Crippen LogP contribution in [0.25, 0.3) is 0 Å². The number of nitro benzene ring substituents is 1. The molecule has 3 aromatic rings. The lowest BCUT2D eigenvalue weighted by molar-refractivity contribution is -0.383. The van der Waals surface area contributed by atoms with Crippen molar-refractivity contribution in [3.63, 3.8) is 0 Å². The smallest absolute Gasteiger partial charge is 0.341 e. The number of pyridine rings is 1. The predicted octanol–water partition coefficient (Wildman–Crippen LogP) is 3.98. The SMILES string of the molecule is O=C(COC(=O)c1c(NC(=O)c2cccnc2)sc2c1CCCC2)Nc1ccccc1[N+](=O)[O-]. The lowest BCUT2D eigenvalue weighted by Crippen LogP contribution is -2.22. The zero-order valence-corrected chi connectivity index (χ0v) is 18.7. The number of benzene rings is 1. The van der Waals surface area contributed by atoms with Gasteiger partial charge < -0.3 is 15.4 Å². The number of nitrogens with zero attached hydrogens (tertiary/aromatic N) is 2. The van der Waals surface area contributed by atoms with Crippen LogP contribution in [0.5, 0.6) is 0 Å². The highest BCUT2D eigenvalue weighted by Crippen LogP contribution is 2.38. The van der Waals surface area contributed by atoms with E-state index in [-0.39, 0.29) is 16.9 Å². The fourth-order valence-electron chi connectivity index (χ4n) is 3.67. The van der Waals surface area contributed by atoms with Crippen molar-refractivity contribution >= 4 is 45.5 Å². The first-order valence-corrected chi connectivity index (χ1v) is 11.3. The molecule has 0 spiro atoms. The van der Waals surface area contributed by atoms with E-state index in [1.165, 1.54) is 35.7 Å². The summed E-state index contributed by atoms with van der Waals surface area (Å²) in [6.45, 7) is -0.633. The molecule has 0 unspecified atom stereocenters. The molecule has 2 N–H and O–H groups in total. The molecule has 4 rings (SSSR count). The first-order valence-electron chi connectivity index (χ1n) is 10.5. The molecule has 0 saturated carbocycles. The molecule has 0 aliphatic heterocycles. The number of esters is 1. The van der Waals surface area contributed by atoms with Crippen LogP contribution in [-0.4, -0.2) is 34.3 Å². The number of amides is 2. The maximum Gasteiger partial charge on any atom is 0.341 e. The number of rotatable bonds is 7. The van der Waals surface area contributed by atoms with Crippen molar-refractivity contribution in [1.29, 1.82) is 0 Å². The molecule has 1 aliphatic rings. The Hall–Kier alpha value is -4.12. The van der Waals surface area contributed by atoms with Crippen molar-refractivity contribution < 1.29 is 24.0 Å². The molecule has 11 heteroatoms. The predicted molar refractivity (Wildman–Crippen MR) is 125 cm³/mol. The summed E-state index contributed by atoms with van der Waals surface area (Å²) in [6.07, 6.45) is 6.32. The van der Waals surface area contributed by atoms with Crippen LogP contribution in [0.15, 0.2) is 48.8 Å². The number of hydrogen-bond donors (Lipinski definition) is 2. The van der Waals surface area contributed by atoms with Crippen LogP contribution in [0.3, 0.4) is 0 Å². The highest BCUT2D eigenvalue weighted by atomic mass is 32.1. The maximum absolute atomic E-state index is 13.0. The average molecular weight is 481 g/mol. The maximum atomic E-state index is 13.0. The number of hydrogen-bond acceptors (Lipinski definition) is 8. The van der Waals surface area contributed by atoms with Crippen molar-refractivity contribution in [1.82, 2.24) is 4.98 Å². The van der Waals surface area contributed by atoms with E-state index in [1.54, 1.807) is 24.4 Å². The number of nitro groups is 1. The first kappa shape index (κ1) is 23.1. The number of fused-ring (bicyclic) bond motifs is 1. The Morgan fingerprint density at radius 3 is 2.65 bits per heavy atom. The quantitative estimate of drug-likeness (QED) is 0.296. The monoisotopic (exact) mass is 480 g/mol. The van der Waals surface area contributed by atoms with Gasteiger partial charge in [-0.25, -0.2) is 4.79 Å². The molecular weight excluding hydrogens is 460 g/mol. The van der Waals surface area contributed by atoms with Crippen molar-refractivity contribution in [3.8, 4) is 0 Å². The van der Waals surface area contributed by atoms with Gasteiger partial charge >= 0.3 is 5.97 Å². The van der Waals surface area contributed by atoms with Gasteiger partial charge in [0.25, 0.3) is 17.5 Å². The lowest BCUT2D eigenvalue weighted by Gasteiger charge is -2.13. The summed E-state index contributed by atoms with van der Waals surface area (Å²) < 4.78 is 5.24. The molecule has 10 nitrogen and oxygen atoms in total. The summed E-state index contributed by atoms with van der Waals surface area (Å²) in [5, 5.41) is 16.7. The van der Waals surface area contributed by atoms with Crippen molar-refractivity contribution in [3.05, 3.63) is 80.5 Å². The van der Waals surface area contributed by atoms with Gasteiger partial charge in [-0.05, 0) is 49.4 Å². The van der Waals surface area contributed by atoms with Crippen LogP contribution in [0.4, 0.5) is 16.4 Å². The second-order valence-electron chi connectivity index (χ2n) is 7.51. The number of aryl methyl sites for hydroxylation is 1. The van der Waals surface area contributed by atoms with Crippen molar-refractivity contribution in [2.24, 2.45) is 0 Å². The number of anilines is 2. The third-order valence-corrected chi connectivity index (χ3v) is 6.44. The molecule has 1 aliphatic carbocycles. The van der Waals surface area contributed by atoms with Crippen LogP contribution in [0, 0.1) is 10.1 Å². The molecule has 2 heterocycles. The molecule has 0 radical (unpaired) electrons. The molecule has 0 saturated heterocycles. The number of aromatic nitrogens is 1. The molecule has 2 aromatic heterocycles. The normalized spacial score (nSPS) is 12.4. The van der Waals surface area contributed by atoms with Crippen LogP contribution >= 0.6 is 11.3 Å². The van der Waals surface area contributed by atoms with Crippen LogP contribution < -0.4 is 10.6 Å². The summed E-state index contributed by atoms with van der Waals surface area (Å²) in [5.41, 5.74) is 1.15. The third-order valence-electron chi connectivity index (χ3n) is 5.24. The number of carbonyl (C=O) groups is 3. The molecule has 1 aromatic carbocycles. The average Bonchev–Trinajstić information content (AvgIpc) is 3.21. The molecule has 174 valence electrons. The number of ether oxygens (including phenoxy) is 1. The van der Waals surface area contributed by atoms with Crippen molar-refractivity contribution in [2.75, 3.05) is 17.2 Å². The minimum atomic E-state index is -0.737. The Kier molecular flexibility index (Phi) is 6.93. The number of carbonyl (C=O) groups excluding carboxylic acids is 3. The molecule has 34 heavy (non-hydrogen) atoms. The van der Waals surface area contributed by atoms with E-state index >= 15 is 0 Å². The minimum absolute atomic E-state index is 0.00545. The van der Waals surface area contributed by atoms with E-state index in [9.17, 15) is 24.5 Å². The molecule has 0 atom stereocenters. The lowest BCUT2D eigenvalue weighted by atomic mass is 9.95. The molecule has 0 bridgehead atoms. The minimum Gasteiger partial charge on any atom is -0.452 e. The van der Waals surface area contributed by atoms with Gasteiger partial charge in [-0.2, -0.15) is 0 Å². The van der Waals surface area contributed by atoms with E-state index in [4.69, 9.17) is 4.74 Å². The number of thiophene rings is 1. The van der Waals surface area contributed by atoms with Gasteiger partial charge in [0.05, 0.1) is 16.1 Å². The Morgan fingerprint density at radius 1 is 1.09 bits per heavy atom. The Labute approximate surface area is 198 Å². The second kappa shape index (κ2) is 10.2. The van der Waals surface area contributed by atoms with E-state index in [2.05, 4.69) is 15.6 Å². The van der Waals surface area contributed by atoms with Crippen LogP contribution in [-0.2, 0) is 22.4 Å². The highest BCUT2D eigenvalue weighted by Gasteiger charge is 2.28. The molecule has 0 fully saturated rings. The summed E-state index contributed by atoms with van der Waals surface area (Å²) in [4.78, 5) is 53.4. The van der Waals surface area contributed by atoms with Gasteiger partial charge in [-0.1, -0.05) is 12.1 Å². The van der Waals surface area contributed by atoms with E-state index in [1.807, 2.05) is 0 Å². The Morgan fingerprint density at radius 2 is 1.88 bits per heavy atom. The first-order chi connectivity index (χ1) is 16.4. The van der Waals surface area contributed by atoms with Gasteiger partial charge in [0.1, 0.15) is 10.7 Å². The summed E-state index contributed by atoms with van der Waals surface area (Å²) >= 11 is 1.33. The summed E-state index contributed by atoms with van der Waals surface area (Å²) in [6, 6.07) is 8.92. The van der Waals surface area contributed by atoms with Gasteiger partial charge in [0.2, 0.25) is 0 Å². The fourth-order valence-corrected chi connectivity index (χ4v) is 4.94. The molecule has 2 amide bonds. The zero-order valence-electron chi connectivity index (χ0n) is 17.9. The van der Waals surface area contributed by atoms with Gasteiger partial charge in [-0.3, -0.25) is 24.7 Å². The molecular formula is C23H20N4O6S. The number of nitrogens with one attached hydrogen (secondary N) is 2. The van der Waals surface area contributed by atoms with Crippen LogP contribution in [0.2, 0.25) is 0 Å². The van der Waals surface area contributed by atoms with E-state index < -0.39 is 29.3 Å². The van der Waals surface area contributed by atoms with Crippen molar-refractivity contribution in [2.45, 2.75) is 25.7 Å². The Bertz CT molecular complexity index is 1260. The summed E-state index contributed by atoms with van der Waals surface area (Å²) in [7, 11) is 0. The topological polar surface area (TPSA) is 141 Å². The van der Waals surface area contributed by atoms with Gasteiger partial charge in [-0.15, -0.1) is 11.3 Å². The largest absolute Gasteiger partial charge is 0.452 e. The van der Waals surface area contributed by atoms with Crippen LogP contribution in [0.1, 0.15) is 44.0 Å². The van der Waals surface area contributed by atoms with Gasteiger partial charge in [0.15, 0.2) is 6.61 Å². The van der Waals surface area contributed by atoms with Gasteiger partial charge in [0, 0.05) is 23.3 Å². The second-order valence-corrected chi connectivity index (χ2v) is 8.61. The standard InChI is InChI=1S/C23H20N4O6S/c28-19(25-16-8-2-3-9-17(16)27(31)32)13-33-23(30)20-15-7-1-4-10-18(15)34-22(20)26-21(29)14-6-5-11-24-12-14/h2-3,5-6,8-9,11-12H,1,4,7,10,13H2,(H,25,28)(H,26,29). The highest BCUT2D eigenvalue weighted by molar-refractivity contribution is 7.17. The summed E-state index contributed by atoms with van der Waals surface area (Å²) in [5.74, 6) is -1.86. The Balaban J connectivity index is 1.49. The van der Waals surface area contributed by atoms with E-state index in [0.29, 0.717) is 17.0 Å². The fraction of sp³-hybridized carbons (Fsp3) is 0.217. The number of para-hydroxylation sites is 2. The third kappa shape index (κ3) is 5.09. The van der Waals surface area contributed by atoms with E-state index in [0.717, 1.165) is 29.7 Å². The zero-order chi connectivity index (χ0) is 24.1.